The highest BCUT2D eigenvalue weighted by atomic mass is 79.9. The number of benzene rings is 1. The fourth-order valence-electron chi connectivity index (χ4n) is 2.71. The molecule has 1 fully saturated rings. The minimum atomic E-state index is -4.60. The van der Waals surface area contributed by atoms with Crippen molar-refractivity contribution < 1.29 is 27.5 Å². The molecular formula is C17H14BrF4N3O2S. The maximum Gasteiger partial charge on any atom is 0.446 e. The van der Waals surface area contributed by atoms with Crippen molar-refractivity contribution in [3.63, 3.8) is 0 Å². The van der Waals surface area contributed by atoms with Gasteiger partial charge < -0.3 is 15.3 Å². The van der Waals surface area contributed by atoms with Gasteiger partial charge in [0.25, 0.3) is 5.91 Å². The Balaban J connectivity index is 1.71. The first-order chi connectivity index (χ1) is 13.1. The van der Waals surface area contributed by atoms with E-state index in [4.69, 9.17) is 0 Å². The molecule has 2 N–H and O–H groups in total. The number of nitrogens with zero attached hydrogens (tertiary/aromatic N) is 2. The highest BCUT2D eigenvalue weighted by Gasteiger charge is 2.30. The number of carbonyl (C=O) groups excluding carboxylic acids is 1. The van der Waals surface area contributed by atoms with Crippen LogP contribution in [0.5, 0.6) is 0 Å². The molecule has 0 aliphatic carbocycles. The quantitative estimate of drug-likeness (QED) is 0.501. The topological polar surface area (TPSA) is 65.5 Å². The van der Waals surface area contributed by atoms with Crippen LogP contribution in [0.4, 0.5) is 29.1 Å². The summed E-state index contributed by atoms with van der Waals surface area (Å²) in [5, 5.41) is 12.0. The molecule has 1 aromatic carbocycles. The van der Waals surface area contributed by atoms with Crippen LogP contribution < -0.4 is 10.2 Å². The smallest absolute Gasteiger partial charge is 0.391 e. The van der Waals surface area contributed by atoms with Crippen molar-refractivity contribution in [3.05, 3.63) is 46.3 Å². The zero-order valence-corrected chi connectivity index (χ0v) is 16.5. The fourth-order valence-corrected chi connectivity index (χ4v) is 3.85. The maximum atomic E-state index is 13.8. The van der Waals surface area contributed by atoms with Crippen LogP contribution in [0.15, 0.2) is 39.8 Å². The summed E-state index contributed by atoms with van der Waals surface area (Å²) in [5.74, 6) is -1.08. The molecule has 1 aliphatic rings. The van der Waals surface area contributed by atoms with Crippen molar-refractivity contribution in [2.45, 2.75) is 22.9 Å². The Morgan fingerprint density at radius 2 is 2.11 bits per heavy atom. The lowest BCUT2D eigenvalue weighted by molar-refractivity contribution is -0.0329. The normalized spacial score (nSPS) is 17.1. The predicted octanol–water partition coefficient (Wildman–Crippen LogP) is 4.42. The summed E-state index contributed by atoms with van der Waals surface area (Å²) >= 11 is 2.79. The number of aromatic nitrogens is 1. The summed E-state index contributed by atoms with van der Waals surface area (Å²) in [6, 6.07) is 4.51. The number of alkyl halides is 3. The van der Waals surface area contributed by atoms with Gasteiger partial charge in [-0.25, -0.2) is 9.37 Å². The lowest BCUT2D eigenvalue weighted by Crippen LogP contribution is -2.23. The molecule has 0 radical (unpaired) electrons. The number of anilines is 2. The third-order valence-electron chi connectivity index (χ3n) is 3.96. The van der Waals surface area contributed by atoms with Crippen LogP contribution in [0.25, 0.3) is 0 Å². The van der Waals surface area contributed by atoms with E-state index in [1.165, 1.54) is 18.3 Å². The molecule has 11 heteroatoms. The molecule has 0 spiro atoms. The van der Waals surface area contributed by atoms with E-state index in [9.17, 15) is 27.5 Å². The van der Waals surface area contributed by atoms with Gasteiger partial charge >= 0.3 is 5.51 Å². The number of thioether (sulfide) groups is 1. The van der Waals surface area contributed by atoms with Gasteiger partial charge in [0.2, 0.25) is 0 Å². The Morgan fingerprint density at radius 3 is 2.68 bits per heavy atom. The number of hydrogen-bond donors (Lipinski definition) is 2. The molecule has 1 saturated heterocycles. The highest BCUT2D eigenvalue weighted by molar-refractivity contribution is 9.10. The van der Waals surface area contributed by atoms with E-state index in [-0.39, 0.29) is 11.3 Å². The zero-order chi connectivity index (χ0) is 20.5. The number of rotatable bonds is 4. The van der Waals surface area contributed by atoms with E-state index in [0.717, 1.165) is 12.1 Å². The molecule has 0 bridgehead atoms. The molecule has 2 aromatic rings. The van der Waals surface area contributed by atoms with E-state index < -0.39 is 40.0 Å². The number of aliphatic hydroxyl groups is 1. The van der Waals surface area contributed by atoms with Gasteiger partial charge in [-0.1, -0.05) is 0 Å². The Morgan fingerprint density at radius 1 is 1.36 bits per heavy atom. The first-order valence-electron chi connectivity index (χ1n) is 8.07. The second-order valence-electron chi connectivity index (χ2n) is 6.07. The van der Waals surface area contributed by atoms with E-state index in [1.54, 1.807) is 0 Å². The SMILES string of the molecule is O=C(Nc1ccc(SC(F)(F)F)c(F)c1)c1cnc(N2CCC(O)C2)c(Br)c1. The van der Waals surface area contributed by atoms with Crippen molar-refractivity contribution in [2.75, 3.05) is 23.3 Å². The maximum absolute atomic E-state index is 13.8. The number of halogens is 5. The molecular weight excluding hydrogens is 466 g/mol. The molecule has 1 unspecified atom stereocenters. The number of carbonyl (C=O) groups is 1. The minimum absolute atomic E-state index is 0.0249. The number of amides is 1. The van der Waals surface area contributed by atoms with Crippen LogP contribution in [0.3, 0.4) is 0 Å². The number of hydrogen-bond acceptors (Lipinski definition) is 5. The Hall–Kier alpha value is -1.85. The summed E-state index contributed by atoms with van der Waals surface area (Å²) in [7, 11) is 0. The minimum Gasteiger partial charge on any atom is -0.391 e. The summed E-state index contributed by atoms with van der Waals surface area (Å²) in [6.07, 6.45) is 1.54. The average Bonchev–Trinajstić information content (AvgIpc) is 3.02. The summed E-state index contributed by atoms with van der Waals surface area (Å²) < 4.78 is 51.5. The van der Waals surface area contributed by atoms with Gasteiger partial charge in [-0.3, -0.25) is 4.79 Å². The van der Waals surface area contributed by atoms with Crippen molar-refractivity contribution in [1.82, 2.24) is 4.98 Å². The van der Waals surface area contributed by atoms with Crippen molar-refractivity contribution in [1.29, 1.82) is 0 Å². The van der Waals surface area contributed by atoms with Crippen LogP contribution in [0.1, 0.15) is 16.8 Å². The fraction of sp³-hybridized carbons (Fsp3) is 0.294. The number of pyridine rings is 1. The van der Waals surface area contributed by atoms with Gasteiger partial charge in [0.05, 0.1) is 21.0 Å². The lowest BCUT2D eigenvalue weighted by atomic mass is 10.2. The Labute approximate surface area is 170 Å². The van der Waals surface area contributed by atoms with E-state index in [2.05, 4.69) is 26.2 Å². The molecule has 3 rings (SSSR count). The Kier molecular flexibility index (Phi) is 6.15. The monoisotopic (exact) mass is 479 g/mol. The standard InChI is InChI=1S/C17H14BrF4N3O2S/c18-12-5-9(7-23-15(12)25-4-3-11(26)8-25)16(27)24-10-1-2-14(13(19)6-10)28-17(20,21)22/h1-2,5-7,11,26H,3-4,8H2,(H,24,27). The first kappa shape index (κ1) is 20.9. The van der Waals surface area contributed by atoms with Gasteiger partial charge in [-0.2, -0.15) is 13.2 Å². The Bertz CT molecular complexity index is 897. The number of aliphatic hydroxyl groups excluding tert-OH is 1. The molecule has 1 atom stereocenters. The lowest BCUT2D eigenvalue weighted by Gasteiger charge is -2.18. The van der Waals surface area contributed by atoms with Crippen molar-refractivity contribution in [2.24, 2.45) is 0 Å². The molecule has 28 heavy (non-hydrogen) atoms. The van der Waals surface area contributed by atoms with Crippen LogP contribution in [-0.2, 0) is 0 Å². The largest absolute Gasteiger partial charge is 0.446 e. The summed E-state index contributed by atoms with van der Waals surface area (Å²) in [5.41, 5.74) is -4.39. The van der Waals surface area contributed by atoms with Crippen molar-refractivity contribution >= 4 is 45.1 Å². The molecule has 5 nitrogen and oxygen atoms in total. The van der Waals surface area contributed by atoms with Gasteiger partial charge in [-0.05, 0) is 58.4 Å². The zero-order valence-electron chi connectivity index (χ0n) is 14.1. The third-order valence-corrected chi connectivity index (χ3v) is 5.33. The molecule has 2 heterocycles. The summed E-state index contributed by atoms with van der Waals surface area (Å²) in [6.45, 7) is 1.08. The molecule has 1 aromatic heterocycles. The van der Waals surface area contributed by atoms with Gasteiger partial charge in [0.15, 0.2) is 0 Å². The van der Waals surface area contributed by atoms with Crippen LogP contribution in [0, 0.1) is 5.82 Å². The van der Waals surface area contributed by atoms with E-state index >= 15 is 0 Å². The van der Waals surface area contributed by atoms with Crippen LogP contribution in [-0.4, -0.2) is 40.7 Å². The molecule has 150 valence electrons. The van der Waals surface area contributed by atoms with Gasteiger partial charge in [-0.15, -0.1) is 0 Å². The predicted molar refractivity (Wildman–Crippen MR) is 101 cm³/mol. The molecule has 1 amide bonds. The van der Waals surface area contributed by atoms with Gasteiger partial charge in [0.1, 0.15) is 11.6 Å². The third kappa shape index (κ3) is 5.15. The molecule has 0 saturated carbocycles. The van der Waals surface area contributed by atoms with E-state index in [1.807, 2.05) is 4.90 Å². The summed E-state index contributed by atoms with van der Waals surface area (Å²) in [4.78, 5) is 17.9. The number of β-amino-alcohol motifs (C(OH)–C–C–N with tert-alkyl or cyclic N) is 1. The average molecular weight is 480 g/mol. The van der Waals surface area contributed by atoms with E-state index in [0.29, 0.717) is 29.8 Å². The first-order valence-corrected chi connectivity index (χ1v) is 9.68. The van der Waals surface area contributed by atoms with Crippen LogP contribution >= 0.6 is 27.7 Å². The van der Waals surface area contributed by atoms with Crippen LogP contribution in [0.2, 0.25) is 0 Å². The second kappa shape index (κ2) is 8.26. The number of nitrogens with one attached hydrogen (secondary N) is 1. The second-order valence-corrected chi connectivity index (χ2v) is 8.03. The van der Waals surface area contributed by atoms with Crippen molar-refractivity contribution in [3.8, 4) is 0 Å². The van der Waals surface area contributed by atoms with Gasteiger partial charge in [0, 0.05) is 25.0 Å². The molecule has 1 aliphatic heterocycles. The highest BCUT2D eigenvalue weighted by Crippen LogP contribution is 2.38.